The Hall–Kier alpha value is -2.02. The van der Waals surface area contributed by atoms with Gasteiger partial charge in [-0.2, -0.15) is 0 Å². The summed E-state index contributed by atoms with van der Waals surface area (Å²) in [4.78, 5) is 28.6. The second-order valence-electron chi connectivity index (χ2n) is 6.35. The lowest BCUT2D eigenvalue weighted by Crippen LogP contribution is -2.37. The fourth-order valence-electron chi connectivity index (χ4n) is 3.08. The van der Waals surface area contributed by atoms with Gasteiger partial charge in [0.15, 0.2) is 5.60 Å². The summed E-state index contributed by atoms with van der Waals surface area (Å²) in [6.07, 6.45) is 5.99. The molecule has 1 aromatic heterocycles. The maximum atomic E-state index is 12.2. The average molecular weight is 317 g/mol. The molecule has 1 unspecified atom stereocenters. The van der Waals surface area contributed by atoms with E-state index >= 15 is 0 Å². The maximum Gasteiger partial charge on any atom is 0.269 e. The molecule has 3 rings (SSSR count). The fraction of sp³-hybridized carbons (Fsp3) is 0.625. The average Bonchev–Trinajstić information content (AvgIpc) is 3.14. The predicted molar refractivity (Wildman–Crippen MR) is 85.8 cm³/mol. The SMILES string of the molecule is CCCN1CCC2(CC(C(=O)NCc3cnc(C)cn3)=NO2)C1. The number of rotatable bonds is 5. The van der Waals surface area contributed by atoms with Gasteiger partial charge in [-0.15, -0.1) is 0 Å². The Balaban J connectivity index is 1.50. The number of likely N-dealkylation sites (tertiary alicyclic amines) is 1. The largest absolute Gasteiger partial charge is 0.387 e. The number of hydrogen-bond donors (Lipinski definition) is 1. The van der Waals surface area contributed by atoms with Gasteiger partial charge >= 0.3 is 0 Å². The predicted octanol–water partition coefficient (Wildman–Crippen LogP) is 1.03. The van der Waals surface area contributed by atoms with Crippen LogP contribution < -0.4 is 5.32 Å². The molecule has 0 aromatic carbocycles. The molecule has 1 amide bonds. The van der Waals surface area contributed by atoms with Gasteiger partial charge in [-0.25, -0.2) is 0 Å². The van der Waals surface area contributed by atoms with E-state index in [4.69, 9.17) is 4.84 Å². The minimum atomic E-state index is -0.300. The van der Waals surface area contributed by atoms with Crippen LogP contribution in [0.1, 0.15) is 37.6 Å². The molecule has 0 aliphatic carbocycles. The van der Waals surface area contributed by atoms with Gasteiger partial charge in [0, 0.05) is 32.1 Å². The van der Waals surface area contributed by atoms with Crippen molar-refractivity contribution in [1.29, 1.82) is 0 Å². The van der Waals surface area contributed by atoms with E-state index in [9.17, 15) is 4.79 Å². The van der Waals surface area contributed by atoms with Crippen molar-refractivity contribution in [3.63, 3.8) is 0 Å². The number of nitrogens with zero attached hydrogens (tertiary/aromatic N) is 4. The Kier molecular flexibility index (Phi) is 4.56. The first-order chi connectivity index (χ1) is 11.1. The van der Waals surface area contributed by atoms with Crippen LogP contribution >= 0.6 is 0 Å². The Labute approximate surface area is 136 Å². The van der Waals surface area contributed by atoms with Gasteiger partial charge < -0.3 is 10.2 Å². The number of carbonyl (C=O) groups is 1. The highest BCUT2D eigenvalue weighted by Gasteiger charge is 2.46. The van der Waals surface area contributed by atoms with Crippen molar-refractivity contribution in [3.8, 4) is 0 Å². The van der Waals surface area contributed by atoms with E-state index in [-0.39, 0.29) is 11.5 Å². The normalized spacial score (nSPS) is 23.8. The van der Waals surface area contributed by atoms with E-state index in [1.54, 1.807) is 12.4 Å². The van der Waals surface area contributed by atoms with Gasteiger partial charge in [-0.1, -0.05) is 12.1 Å². The molecule has 1 atom stereocenters. The minimum Gasteiger partial charge on any atom is -0.387 e. The standard InChI is InChI=1S/C16H23N5O2/c1-3-5-21-6-4-16(11-21)7-14(20-23-16)15(22)19-10-13-9-17-12(2)8-18-13/h8-9H,3-7,10-11H2,1-2H3,(H,19,22). The van der Waals surface area contributed by atoms with Crippen molar-refractivity contribution >= 4 is 11.6 Å². The van der Waals surface area contributed by atoms with Crippen molar-refractivity contribution in [2.24, 2.45) is 5.16 Å². The van der Waals surface area contributed by atoms with Crippen LogP contribution in [0.25, 0.3) is 0 Å². The van der Waals surface area contributed by atoms with Gasteiger partial charge in [0.05, 0.1) is 24.1 Å². The van der Waals surface area contributed by atoms with Crippen LogP contribution in [0.2, 0.25) is 0 Å². The monoisotopic (exact) mass is 317 g/mol. The van der Waals surface area contributed by atoms with E-state index in [1.807, 2.05) is 6.92 Å². The molecular formula is C16H23N5O2. The van der Waals surface area contributed by atoms with Gasteiger partial charge in [-0.3, -0.25) is 19.7 Å². The molecule has 7 nitrogen and oxygen atoms in total. The number of carbonyl (C=O) groups excluding carboxylic acids is 1. The summed E-state index contributed by atoms with van der Waals surface area (Å²) >= 11 is 0. The highest BCUT2D eigenvalue weighted by atomic mass is 16.7. The van der Waals surface area contributed by atoms with Gasteiger partial charge in [0.25, 0.3) is 5.91 Å². The number of aromatic nitrogens is 2. The van der Waals surface area contributed by atoms with Crippen LogP contribution in [0.15, 0.2) is 17.5 Å². The number of amides is 1. The zero-order valence-electron chi connectivity index (χ0n) is 13.7. The third-order valence-electron chi connectivity index (χ3n) is 4.30. The first kappa shape index (κ1) is 15.9. The van der Waals surface area contributed by atoms with Crippen LogP contribution in [0.5, 0.6) is 0 Å². The lowest BCUT2D eigenvalue weighted by Gasteiger charge is -2.21. The van der Waals surface area contributed by atoms with Gasteiger partial charge in [0.2, 0.25) is 0 Å². The number of aryl methyl sites for hydroxylation is 1. The summed E-state index contributed by atoms with van der Waals surface area (Å²) in [5, 5.41) is 6.87. The van der Waals surface area contributed by atoms with Crippen molar-refractivity contribution in [2.45, 2.75) is 45.3 Å². The maximum absolute atomic E-state index is 12.2. The van der Waals surface area contributed by atoms with Crippen LogP contribution in [0.3, 0.4) is 0 Å². The highest BCUT2D eigenvalue weighted by Crippen LogP contribution is 2.33. The van der Waals surface area contributed by atoms with Gasteiger partial charge in [-0.05, 0) is 19.9 Å². The highest BCUT2D eigenvalue weighted by molar-refractivity contribution is 6.39. The zero-order chi connectivity index (χ0) is 16.3. The van der Waals surface area contributed by atoms with Gasteiger partial charge in [0.1, 0.15) is 5.71 Å². The first-order valence-corrected chi connectivity index (χ1v) is 8.13. The van der Waals surface area contributed by atoms with Crippen LogP contribution in [0, 0.1) is 6.92 Å². The van der Waals surface area contributed by atoms with E-state index < -0.39 is 0 Å². The van der Waals surface area contributed by atoms with E-state index in [0.717, 1.165) is 43.9 Å². The lowest BCUT2D eigenvalue weighted by molar-refractivity contribution is -0.115. The van der Waals surface area contributed by atoms with Crippen LogP contribution in [-0.4, -0.2) is 51.7 Å². The van der Waals surface area contributed by atoms with E-state index in [0.29, 0.717) is 18.7 Å². The third kappa shape index (κ3) is 3.67. The summed E-state index contributed by atoms with van der Waals surface area (Å²) in [5.74, 6) is -0.182. The summed E-state index contributed by atoms with van der Waals surface area (Å²) in [6.45, 7) is 7.33. The molecule has 0 radical (unpaired) electrons. The van der Waals surface area contributed by atoms with Crippen molar-refractivity contribution in [3.05, 3.63) is 23.8 Å². The molecule has 2 aliphatic heterocycles. The number of nitrogens with one attached hydrogen (secondary N) is 1. The van der Waals surface area contributed by atoms with Crippen LogP contribution in [-0.2, 0) is 16.2 Å². The molecular weight excluding hydrogens is 294 g/mol. The topological polar surface area (TPSA) is 79.7 Å². The summed E-state index contributed by atoms with van der Waals surface area (Å²) in [5.41, 5.74) is 1.76. The molecule has 0 saturated carbocycles. The zero-order valence-corrected chi connectivity index (χ0v) is 13.7. The summed E-state index contributed by atoms with van der Waals surface area (Å²) in [7, 11) is 0. The van der Waals surface area contributed by atoms with E-state index in [1.165, 1.54) is 0 Å². The molecule has 3 heterocycles. The first-order valence-electron chi connectivity index (χ1n) is 8.13. The number of oxime groups is 1. The summed E-state index contributed by atoms with van der Waals surface area (Å²) in [6, 6.07) is 0. The molecule has 1 aromatic rings. The summed E-state index contributed by atoms with van der Waals surface area (Å²) < 4.78 is 0. The minimum absolute atomic E-state index is 0.182. The van der Waals surface area contributed by atoms with Crippen LogP contribution in [0.4, 0.5) is 0 Å². The second kappa shape index (κ2) is 6.62. The molecule has 0 bridgehead atoms. The Bertz CT molecular complexity index is 601. The number of hydrogen-bond acceptors (Lipinski definition) is 6. The molecule has 1 spiro atoms. The van der Waals surface area contributed by atoms with Crippen molar-refractivity contribution in [1.82, 2.24) is 20.2 Å². The Morgan fingerprint density at radius 1 is 1.43 bits per heavy atom. The molecule has 23 heavy (non-hydrogen) atoms. The lowest BCUT2D eigenvalue weighted by atomic mass is 9.96. The van der Waals surface area contributed by atoms with Crippen molar-refractivity contribution < 1.29 is 9.63 Å². The Morgan fingerprint density at radius 3 is 3.04 bits per heavy atom. The fourth-order valence-corrected chi connectivity index (χ4v) is 3.08. The molecule has 124 valence electrons. The van der Waals surface area contributed by atoms with E-state index in [2.05, 4.69) is 32.3 Å². The Morgan fingerprint density at radius 2 is 2.30 bits per heavy atom. The smallest absolute Gasteiger partial charge is 0.269 e. The molecule has 1 saturated heterocycles. The quantitative estimate of drug-likeness (QED) is 0.877. The van der Waals surface area contributed by atoms with Crippen molar-refractivity contribution in [2.75, 3.05) is 19.6 Å². The molecule has 2 aliphatic rings. The second-order valence-corrected chi connectivity index (χ2v) is 6.35. The molecule has 1 N–H and O–H groups in total. The molecule has 1 fully saturated rings. The molecule has 7 heteroatoms. The third-order valence-corrected chi connectivity index (χ3v) is 4.30.